The van der Waals surface area contributed by atoms with E-state index in [1.165, 1.54) is 6.42 Å². The minimum Gasteiger partial charge on any atom is -0.497 e. The van der Waals surface area contributed by atoms with Crippen LogP contribution in [0.5, 0.6) is 17.2 Å². The Morgan fingerprint density at radius 2 is 1.86 bits per heavy atom. The van der Waals surface area contributed by atoms with Crippen LogP contribution in [0.25, 0.3) is 0 Å². The van der Waals surface area contributed by atoms with Gasteiger partial charge in [-0.05, 0) is 61.1 Å². The summed E-state index contributed by atoms with van der Waals surface area (Å²) in [5.41, 5.74) is 1.94. The summed E-state index contributed by atoms with van der Waals surface area (Å²) in [6, 6.07) is 13.1. The number of methoxy groups -OCH3 is 1. The summed E-state index contributed by atoms with van der Waals surface area (Å²) >= 11 is 0. The number of nitrogens with one attached hydrogen (secondary N) is 1. The third-order valence-electron chi connectivity index (χ3n) is 6.89. The summed E-state index contributed by atoms with van der Waals surface area (Å²) in [6.07, 6.45) is 6.95. The Morgan fingerprint density at radius 1 is 1.06 bits per heavy atom. The fourth-order valence-corrected chi connectivity index (χ4v) is 4.92. The summed E-state index contributed by atoms with van der Waals surface area (Å²) in [6.45, 7) is 2.54. The molecule has 0 bridgehead atoms. The van der Waals surface area contributed by atoms with E-state index in [1.807, 2.05) is 49.4 Å². The first-order chi connectivity index (χ1) is 17.1. The molecule has 0 saturated heterocycles. The first-order valence-electron chi connectivity index (χ1n) is 12.7. The van der Waals surface area contributed by atoms with Crippen molar-refractivity contribution >= 4 is 11.8 Å². The van der Waals surface area contributed by atoms with Crippen LogP contribution in [0, 0.1) is 0 Å². The van der Waals surface area contributed by atoms with E-state index in [9.17, 15) is 9.59 Å². The van der Waals surface area contributed by atoms with Crippen LogP contribution in [0.3, 0.4) is 0 Å². The number of hydrogen-bond donors (Lipinski definition) is 1. The monoisotopic (exact) mass is 480 g/mol. The van der Waals surface area contributed by atoms with Gasteiger partial charge in [0, 0.05) is 19.0 Å². The summed E-state index contributed by atoms with van der Waals surface area (Å²) in [5.74, 6) is 2.07. The Kier molecular flexibility index (Phi) is 8.50. The number of ether oxygens (including phenoxy) is 3. The van der Waals surface area contributed by atoms with E-state index in [1.54, 1.807) is 12.0 Å². The van der Waals surface area contributed by atoms with Crippen molar-refractivity contribution in [3.05, 3.63) is 53.6 Å². The average Bonchev–Trinajstić information content (AvgIpc) is 3.36. The molecule has 2 aliphatic rings. The lowest BCUT2D eigenvalue weighted by Crippen LogP contribution is -2.51. The van der Waals surface area contributed by atoms with Crippen molar-refractivity contribution in [3.8, 4) is 17.2 Å². The number of amides is 2. The number of aryl methyl sites for hydroxylation is 1. The summed E-state index contributed by atoms with van der Waals surface area (Å²) in [4.78, 5) is 28.6. The third kappa shape index (κ3) is 6.47. The molecular weight excluding hydrogens is 444 g/mol. The van der Waals surface area contributed by atoms with E-state index in [-0.39, 0.29) is 24.6 Å². The van der Waals surface area contributed by atoms with Gasteiger partial charge in [-0.25, -0.2) is 0 Å². The molecule has 1 aliphatic heterocycles. The van der Waals surface area contributed by atoms with Crippen LogP contribution in [0.2, 0.25) is 0 Å². The van der Waals surface area contributed by atoms with Gasteiger partial charge in [-0.1, -0.05) is 44.4 Å². The fourth-order valence-electron chi connectivity index (χ4n) is 4.92. The average molecular weight is 481 g/mol. The second kappa shape index (κ2) is 12.0. The molecule has 2 amide bonds. The van der Waals surface area contributed by atoms with E-state index in [0.29, 0.717) is 31.6 Å². The predicted molar refractivity (Wildman–Crippen MR) is 134 cm³/mol. The molecule has 1 heterocycles. The van der Waals surface area contributed by atoms with Crippen molar-refractivity contribution in [1.29, 1.82) is 0 Å². The largest absolute Gasteiger partial charge is 0.497 e. The van der Waals surface area contributed by atoms with E-state index < -0.39 is 6.04 Å². The van der Waals surface area contributed by atoms with Crippen LogP contribution in [-0.2, 0) is 22.6 Å². The number of hydrogen-bond acceptors (Lipinski definition) is 5. The minimum atomic E-state index is -0.521. The molecule has 0 radical (unpaired) electrons. The van der Waals surface area contributed by atoms with E-state index in [4.69, 9.17) is 14.2 Å². The van der Waals surface area contributed by atoms with E-state index >= 15 is 0 Å². The first kappa shape index (κ1) is 24.9. The highest BCUT2D eigenvalue weighted by Crippen LogP contribution is 2.33. The smallest absolute Gasteiger partial charge is 0.243 e. The molecule has 7 nitrogen and oxygen atoms in total. The summed E-state index contributed by atoms with van der Waals surface area (Å²) in [7, 11) is 1.62. The molecule has 0 spiro atoms. The lowest BCUT2D eigenvalue weighted by molar-refractivity contribution is -0.141. The molecule has 0 aromatic heterocycles. The normalized spacial score (nSPS) is 15.9. The highest BCUT2D eigenvalue weighted by Gasteiger charge is 2.30. The number of fused-ring (bicyclic) bond motifs is 1. The molecule has 1 atom stereocenters. The predicted octanol–water partition coefficient (Wildman–Crippen LogP) is 4.61. The standard InChI is InChI=1S/C28H36N2O5/c1-3-24(28(32)29-22-9-5-4-6-10-22)30(18-21-8-7-11-23(16-21)33-2)27(31)15-13-20-12-14-25-26(17-20)35-19-34-25/h7-8,11-12,14,16-17,22,24H,3-6,9-10,13,15,18-19H2,1-2H3,(H,29,32)/t24-/m1/s1. The van der Waals surface area contributed by atoms with Crippen molar-refractivity contribution in [3.63, 3.8) is 0 Å². The second-order valence-electron chi connectivity index (χ2n) is 9.33. The van der Waals surface area contributed by atoms with Gasteiger partial charge in [0.25, 0.3) is 0 Å². The molecule has 2 aromatic carbocycles. The molecule has 35 heavy (non-hydrogen) atoms. The van der Waals surface area contributed by atoms with Crippen LogP contribution < -0.4 is 19.5 Å². The van der Waals surface area contributed by atoms with Crippen molar-refractivity contribution < 1.29 is 23.8 Å². The fraction of sp³-hybridized carbons (Fsp3) is 0.500. The number of carbonyl (C=O) groups excluding carboxylic acids is 2. The van der Waals surface area contributed by atoms with Crippen LogP contribution in [0.1, 0.15) is 63.0 Å². The highest BCUT2D eigenvalue weighted by atomic mass is 16.7. The number of nitrogens with zero attached hydrogens (tertiary/aromatic N) is 1. The Balaban J connectivity index is 1.49. The molecule has 1 fully saturated rings. The summed E-state index contributed by atoms with van der Waals surface area (Å²) < 4.78 is 16.2. The number of carbonyl (C=O) groups is 2. The van der Waals surface area contributed by atoms with Gasteiger partial charge in [-0.15, -0.1) is 0 Å². The number of benzene rings is 2. The third-order valence-corrected chi connectivity index (χ3v) is 6.89. The molecule has 2 aromatic rings. The van der Waals surface area contributed by atoms with Crippen LogP contribution in [0.15, 0.2) is 42.5 Å². The van der Waals surface area contributed by atoms with Gasteiger partial charge in [-0.3, -0.25) is 9.59 Å². The molecule has 188 valence electrons. The second-order valence-corrected chi connectivity index (χ2v) is 9.33. The van der Waals surface area contributed by atoms with E-state index in [2.05, 4.69) is 5.32 Å². The molecule has 0 unspecified atom stereocenters. The van der Waals surface area contributed by atoms with Gasteiger partial charge < -0.3 is 24.4 Å². The van der Waals surface area contributed by atoms with Gasteiger partial charge in [0.15, 0.2) is 11.5 Å². The number of rotatable bonds is 10. The summed E-state index contributed by atoms with van der Waals surface area (Å²) in [5, 5.41) is 3.23. The Hall–Kier alpha value is -3.22. The lowest BCUT2D eigenvalue weighted by Gasteiger charge is -2.33. The van der Waals surface area contributed by atoms with Gasteiger partial charge >= 0.3 is 0 Å². The van der Waals surface area contributed by atoms with Gasteiger partial charge in [0.2, 0.25) is 18.6 Å². The topological polar surface area (TPSA) is 77.1 Å². The maximum atomic E-state index is 13.6. The van der Waals surface area contributed by atoms with Crippen LogP contribution in [0.4, 0.5) is 0 Å². The zero-order chi connectivity index (χ0) is 24.6. The van der Waals surface area contributed by atoms with Crippen molar-refractivity contribution in [2.75, 3.05) is 13.9 Å². The Bertz CT molecular complexity index is 1020. The SMILES string of the molecule is CC[C@H](C(=O)NC1CCCCC1)N(Cc1cccc(OC)c1)C(=O)CCc1ccc2c(c1)OCO2. The molecule has 4 rings (SSSR count). The quantitative estimate of drug-likeness (QED) is 0.537. The van der Waals surface area contributed by atoms with Crippen LogP contribution >= 0.6 is 0 Å². The Labute approximate surface area is 207 Å². The maximum Gasteiger partial charge on any atom is 0.243 e. The molecule has 1 saturated carbocycles. The molecule has 1 N–H and O–H groups in total. The van der Waals surface area contributed by atoms with Gasteiger partial charge in [-0.2, -0.15) is 0 Å². The van der Waals surface area contributed by atoms with Crippen molar-refractivity contribution in [1.82, 2.24) is 10.2 Å². The first-order valence-corrected chi connectivity index (χ1v) is 12.7. The zero-order valence-corrected chi connectivity index (χ0v) is 20.8. The lowest BCUT2D eigenvalue weighted by atomic mass is 9.95. The van der Waals surface area contributed by atoms with Crippen LogP contribution in [-0.4, -0.2) is 42.7 Å². The zero-order valence-electron chi connectivity index (χ0n) is 20.8. The molecule has 7 heteroatoms. The van der Waals surface area contributed by atoms with Gasteiger partial charge in [0.05, 0.1) is 7.11 Å². The van der Waals surface area contributed by atoms with Crippen molar-refractivity contribution in [2.45, 2.75) is 76.9 Å². The molecular formula is C28H36N2O5. The van der Waals surface area contributed by atoms with Crippen molar-refractivity contribution in [2.24, 2.45) is 0 Å². The Morgan fingerprint density at radius 3 is 2.63 bits per heavy atom. The highest BCUT2D eigenvalue weighted by molar-refractivity contribution is 5.88. The van der Waals surface area contributed by atoms with Gasteiger partial charge in [0.1, 0.15) is 11.8 Å². The minimum absolute atomic E-state index is 0.0452. The molecule has 1 aliphatic carbocycles. The maximum absolute atomic E-state index is 13.6. The van der Waals surface area contributed by atoms with E-state index in [0.717, 1.165) is 48.3 Å².